The molecule has 0 aromatic carbocycles. The first-order valence-corrected chi connectivity index (χ1v) is 10.7. The highest BCUT2D eigenvalue weighted by Crippen LogP contribution is 2.55. The zero-order valence-corrected chi connectivity index (χ0v) is 17.9. The topological polar surface area (TPSA) is 66.4 Å². The molecule has 0 saturated carbocycles. The Balaban J connectivity index is 2.20. The van der Waals surface area contributed by atoms with Crippen LogP contribution in [-0.2, 0) is 9.59 Å². The molecule has 2 N–H and O–H groups in total. The van der Waals surface area contributed by atoms with Crippen molar-refractivity contribution in [2.45, 2.75) is 72.4 Å². The summed E-state index contributed by atoms with van der Waals surface area (Å²) in [6, 6.07) is -0.00485. The summed E-state index contributed by atoms with van der Waals surface area (Å²) in [7, 11) is 0. The molecule has 1 spiro atoms. The highest BCUT2D eigenvalue weighted by atomic mass is 16.3. The lowest BCUT2D eigenvalue weighted by Crippen LogP contribution is -2.51. The van der Waals surface area contributed by atoms with Gasteiger partial charge in [-0.15, -0.1) is 0 Å². The van der Waals surface area contributed by atoms with Crippen LogP contribution >= 0.6 is 0 Å². The van der Waals surface area contributed by atoms with Crippen LogP contribution in [0, 0.1) is 29.1 Å². The smallest absolute Gasteiger partial charge is 0.235 e. The van der Waals surface area contributed by atoms with Gasteiger partial charge in [0.05, 0.1) is 6.10 Å². The Kier molecular flexibility index (Phi) is 6.00. The van der Waals surface area contributed by atoms with Gasteiger partial charge in [-0.25, -0.2) is 0 Å². The molecule has 3 aliphatic rings. The molecule has 4 heteroatoms. The number of amides is 1. The molecule has 4 nitrogen and oxygen atoms in total. The van der Waals surface area contributed by atoms with Crippen LogP contribution in [0.2, 0.25) is 0 Å². The molecule has 1 heterocycles. The Morgan fingerprint density at radius 1 is 1.25 bits per heavy atom. The molecule has 0 aromatic heterocycles. The maximum atomic E-state index is 13.6. The highest BCUT2D eigenvalue weighted by Gasteiger charge is 2.64. The van der Waals surface area contributed by atoms with Crippen LogP contribution in [0.1, 0.15) is 60.3 Å². The second kappa shape index (κ2) is 7.98. The van der Waals surface area contributed by atoms with Crippen LogP contribution in [0.3, 0.4) is 0 Å². The molecular formula is C24H35NO3. The molecule has 1 fully saturated rings. The normalized spacial score (nSPS) is 41.9. The van der Waals surface area contributed by atoms with Crippen LogP contribution in [0.5, 0.6) is 0 Å². The molecule has 2 aliphatic carbocycles. The third-order valence-electron chi connectivity index (χ3n) is 7.01. The van der Waals surface area contributed by atoms with E-state index in [-0.39, 0.29) is 35.5 Å². The molecule has 6 atom stereocenters. The van der Waals surface area contributed by atoms with Gasteiger partial charge in [0.2, 0.25) is 5.91 Å². The summed E-state index contributed by atoms with van der Waals surface area (Å²) in [5.41, 5.74) is 1.33. The number of aliphatic hydroxyl groups is 1. The molecule has 1 saturated heterocycles. The zero-order chi connectivity index (χ0) is 20.6. The number of allylic oxidation sites excluding steroid dienone is 5. The van der Waals surface area contributed by atoms with E-state index in [2.05, 4.69) is 52.1 Å². The first-order chi connectivity index (χ1) is 13.2. The van der Waals surface area contributed by atoms with Gasteiger partial charge < -0.3 is 10.4 Å². The fourth-order valence-electron chi connectivity index (χ4n) is 5.56. The lowest BCUT2D eigenvalue weighted by atomic mass is 9.55. The third kappa shape index (κ3) is 3.52. The van der Waals surface area contributed by atoms with Crippen molar-refractivity contribution in [2.75, 3.05) is 0 Å². The minimum Gasteiger partial charge on any atom is -0.389 e. The van der Waals surface area contributed by atoms with Crippen molar-refractivity contribution in [3.8, 4) is 0 Å². The average Bonchev–Trinajstić information content (AvgIpc) is 2.88. The summed E-state index contributed by atoms with van der Waals surface area (Å²) >= 11 is 0. The van der Waals surface area contributed by atoms with Crippen LogP contribution in [0.25, 0.3) is 0 Å². The van der Waals surface area contributed by atoms with Gasteiger partial charge in [0.15, 0.2) is 5.78 Å². The number of carbonyl (C=O) groups excluding carboxylic acids is 2. The molecule has 0 radical (unpaired) electrons. The summed E-state index contributed by atoms with van der Waals surface area (Å²) in [5.74, 6) is -0.0253. The minimum atomic E-state index is -1.11. The number of hydrogen-bond donors (Lipinski definition) is 2. The van der Waals surface area contributed by atoms with E-state index in [1.165, 1.54) is 17.2 Å². The number of carbonyl (C=O) groups is 2. The molecule has 0 unspecified atom stereocenters. The Morgan fingerprint density at radius 2 is 1.96 bits per heavy atom. The zero-order valence-electron chi connectivity index (χ0n) is 17.9. The summed E-state index contributed by atoms with van der Waals surface area (Å²) in [6.07, 6.45) is 9.95. The van der Waals surface area contributed by atoms with E-state index < -0.39 is 11.5 Å². The van der Waals surface area contributed by atoms with E-state index in [9.17, 15) is 14.7 Å². The molecule has 28 heavy (non-hydrogen) atoms. The fourth-order valence-corrected chi connectivity index (χ4v) is 5.56. The molecule has 0 bridgehead atoms. The van der Waals surface area contributed by atoms with Crippen molar-refractivity contribution in [3.63, 3.8) is 0 Å². The van der Waals surface area contributed by atoms with Gasteiger partial charge in [-0.05, 0) is 57.4 Å². The van der Waals surface area contributed by atoms with E-state index >= 15 is 0 Å². The SMILES string of the molecule is CC1=C[C@@H]2/C=C(\C)CCC[C@@H](O)/C=C/C(=O)[C@]23C(=O)N[C@@H](CC(C)C)[C@@H]3[C@@H]1C. The van der Waals surface area contributed by atoms with Crippen LogP contribution in [-0.4, -0.2) is 28.9 Å². The Bertz CT molecular complexity index is 732. The van der Waals surface area contributed by atoms with Gasteiger partial charge >= 0.3 is 0 Å². The fraction of sp³-hybridized carbons (Fsp3) is 0.667. The van der Waals surface area contributed by atoms with Crippen molar-refractivity contribution in [1.29, 1.82) is 0 Å². The monoisotopic (exact) mass is 385 g/mol. The van der Waals surface area contributed by atoms with Crippen LogP contribution in [0.4, 0.5) is 0 Å². The molecular weight excluding hydrogens is 350 g/mol. The van der Waals surface area contributed by atoms with Crippen molar-refractivity contribution < 1.29 is 14.7 Å². The molecule has 3 rings (SSSR count). The van der Waals surface area contributed by atoms with Gasteiger partial charge in [0, 0.05) is 17.9 Å². The number of rotatable bonds is 2. The van der Waals surface area contributed by atoms with E-state index in [0.717, 1.165) is 19.3 Å². The lowest BCUT2D eigenvalue weighted by molar-refractivity contribution is -0.142. The summed E-state index contributed by atoms with van der Waals surface area (Å²) < 4.78 is 0. The number of nitrogens with one attached hydrogen (secondary N) is 1. The summed E-state index contributed by atoms with van der Waals surface area (Å²) in [5, 5.41) is 13.4. The highest BCUT2D eigenvalue weighted by molar-refractivity contribution is 6.13. The quantitative estimate of drug-likeness (QED) is 0.558. The van der Waals surface area contributed by atoms with Crippen molar-refractivity contribution in [1.82, 2.24) is 5.32 Å². The summed E-state index contributed by atoms with van der Waals surface area (Å²) in [6.45, 7) is 10.7. The average molecular weight is 386 g/mol. The maximum Gasteiger partial charge on any atom is 0.235 e. The van der Waals surface area contributed by atoms with Gasteiger partial charge in [0.25, 0.3) is 0 Å². The van der Waals surface area contributed by atoms with Crippen LogP contribution < -0.4 is 5.32 Å². The summed E-state index contributed by atoms with van der Waals surface area (Å²) in [4.78, 5) is 27.1. The van der Waals surface area contributed by atoms with Crippen molar-refractivity contribution in [3.05, 3.63) is 35.5 Å². The van der Waals surface area contributed by atoms with Gasteiger partial charge in [-0.1, -0.05) is 50.1 Å². The Hall–Kier alpha value is -1.68. The molecule has 154 valence electrons. The van der Waals surface area contributed by atoms with Gasteiger partial charge in [-0.2, -0.15) is 0 Å². The predicted molar refractivity (Wildman–Crippen MR) is 111 cm³/mol. The second-order valence-electron chi connectivity index (χ2n) is 9.53. The van der Waals surface area contributed by atoms with Gasteiger partial charge in [0.1, 0.15) is 5.41 Å². The molecule has 1 amide bonds. The first-order valence-electron chi connectivity index (χ1n) is 10.7. The number of hydrogen-bond acceptors (Lipinski definition) is 3. The Labute approximate surface area is 169 Å². The predicted octanol–water partition coefficient (Wildman–Crippen LogP) is 3.96. The standard InChI is InChI=1S/C24H35NO3/c1-14(2)11-20-22-17(5)16(4)13-18-12-15(3)7-6-8-19(26)9-10-21(27)24(18,22)23(28)25-20/h9-10,12-14,17-20,22,26H,6-8,11H2,1-5H3,(H,25,28)/b10-9+,15-12+/t17-,18+,19-,20+,22+,24-/m1/s1. The van der Waals surface area contributed by atoms with E-state index in [4.69, 9.17) is 0 Å². The molecule has 1 aliphatic heterocycles. The number of ketones is 1. The van der Waals surface area contributed by atoms with Gasteiger partial charge in [-0.3, -0.25) is 9.59 Å². The van der Waals surface area contributed by atoms with Crippen molar-refractivity contribution in [2.24, 2.45) is 29.1 Å². The Morgan fingerprint density at radius 3 is 2.64 bits per heavy atom. The second-order valence-corrected chi connectivity index (χ2v) is 9.53. The van der Waals surface area contributed by atoms with E-state index in [1.54, 1.807) is 6.08 Å². The minimum absolute atomic E-state index is 0.00485. The lowest BCUT2D eigenvalue weighted by Gasteiger charge is -2.44. The first kappa shape index (κ1) is 21.0. The van der Waals surface area contributed by atoms with E-state index in [1.807, 2.05) is 0 Å². The largest absolute Gasteiger partial charge is 0.389 e. The van der Waals surface area contributed by atoms with Crippen LogP contribution in [0.15, 0.2) is 35.5 Å². The third-order valence-corrected chi connectivity index (χ3v) is 7.01. The number of aliphatic hydroxyl groups excluding tert-OH is 1. The molecule has 0 aromatic rings. The van der Waals surface area contributed by atoms with Crippen molar-refractivity contribution >= 4 is 11.7 Å². The van der Waals surface area contributed by atoms with E-state index in [0.29, 0.717) is 12.3 Å². The maximum absolute atomic E-state index is 13.6.